The van der Waals surface area contributed by atoms with Gasteiger partial charge in [0, 0.05) is 11.8 Å². The first-order chi connectivity index (χ1) is 9.72. The second-order valence-corrected chi connectivity index (χ2v) is 7.26. The van der Waals surface area contributed by atoms with E-state index in [1.165, 1.54) is 0 Å². The van der Waals surface area contributed by atoms with E-state index in [1.54, 1.807) is 34.9 Å². The van der Waals surface area contributed by atoms with Crippen molar-refractivity contribution in [3.8, 4) is 5.75 Å². The van der Waals surface area contributed by atoms with Crippen molar-refractivity contribution in [3.63, 3.8) is 0 Å². The van der Waals surface area contributed by atoms with Gasteiger partial charge in [0.25, 0.3) is 0 Å². The summed E-state index contributed by atoms with van der Waals surface area (Å²) in [6, 6.07) is 7.94. The van der Waals surface area contributed by atoms with E-state index >= 15 is 0 Å². The van der Waals surface area contributed by atoms with E-state index in [-0.39, 0.29) is 6.04 Å². The van der Waals surface area contributed by atoms with Gasteiger partial charge >= 0.3 is 0 Å². The number of nitrogens with zero attached hydrogens (tertiary/aromatic N) is 2. The summed E-state index contributed by atoms with van der Waals surface area (Å²) < 4.78 is 7.38. The predicted octanol–water partition coefficient (Wildman–Crippen LogP) is 3.45. The Bertz CT molecular complexity index is 530. The van der Waals surface area contributed by atoms with Crippen LogP contribution < -0.4 is 10.5 Å². The van der Waals surface area contributed by atoms with Gasteiger partial charge in [-0.05, 0) is 30.9 Å². The van der Waals surface area contributed by atoms with E-state index in [2.05, 4.69) is 10.2 Å². The van der Waals surface area contributed by atoms with E-state index in [0.29, 0.717) is 6.61 Å². The van der Waals surface area contributed by atoms with Gasteiger partial charge in [-0.2, -0.15) is 0 Å². The largest absolute Gasteiger partial charge is 0.494 e. The molecule has 2 rings (SSSR count). The molecule has 2 aromatic rings. The third-order valence-electron chi connectivity index (χ3n) is 2.57. The average Bonchev–Trinajstić information content (AvgIpc) is 2.94. The molecule has 2 N–H and O–H groups in total. The van der Waals surface area contributed by atoms with Gasteiger partial charge < -0.3 is 10.5 Å². The van der Waals surface area contributed by atoms with Crippen LogP contribution in [-0.2, 0) is 0 Å². The van der Waals surface area contributed by atoms with Crippen LogP contribution in [0.5, 0.6) is 5.75 Å². The average molecular weight is 328 g/mol. The summed E-state index contributed by atoms with van der Waals surface area (Å²) in [5, 5.41) is 8.20. The fourth-order valence-corrected chi connectivity index (χ4v) is 4.03. The Balaban J connectivity index is 1.89. The zero-order chi connectivity index (χ0) is 14.4. The van der Waals surface area contributed by atoms with Crippen LogP contribution in [0.2, 0.25) is 0 Å². The fourth-order valence-electron chi connectivity index (χ4n) is 1.57. The molecule has 0 aliphatic rings. The third-order valence-corrected chi connectivity index (χ3v) is 5.72. The number of nitrogens with two attached hydrogens (primary N) is 1. The Morgan fingerprint density at radius 3 is 2.55 bits per heavy atom. The zero-order valence-electron chi connectivity index (χ0n) is 11.4. The Kier molecular flexibility index (Phi) is 6.15. The van der Waals surface area contributed by atoms with Gasteiger partial charge in [-0.25, -0.2) is 0 Å². The highest BCUT2D eigenvalue weighted by molar-refractivity contribution is 8.02. The molecule has 0 radical (unpaired) electrons. The van der Waals surface area contributed by atoms with Crippen molar-refractivity contribution >= 4 is 34.9 Å². The van der Waals surface area contributed by atoms with Crippen molar-refractivity contribution < 1.29 is 4.74 Å². The summed E-state index contributed by atoms with van der Waals surface area (Å²) in [7, 11) is 0. The van der Waals surface area contributed by atoms with E-state index in [0.717, 1.165) is 25.7 Å². The summed E-state index contributed by atoms with van der Waals surface area (Å²) >= 11 is 4.87. The molecule has 0 amide bonds. The summed E-state index contributed by atoms with van der Waals surface area (Å²) in [6.45, 7) is 2.65. The van der Waals surface area contributed by atoms with Crippen LogP contribution in [0.25, 0.3) is 0 Å². The van der Waals surface area contributed by atoms with E-state index in [4.69, 9.17) is 10.5 Å². The molecule has 4 nitrogen and oxygen atoms in total. The number of hydrogen-bond donors (Lipinski definition) is 1. The summed E-state index contributed by atoms with van der Waals surface area (Å²) in [5.41, 5.74) is 7.30. The summed E-state index contributed by atoms with van der Waals surface area (Å²) in [6.07, 6.45) is 2.00. The van der Waals surface area contributed by atoms with Crippen LogP contribution in [0.4, 0.5) is 0 Å². The van der Waals surface area contributed by atoms with Gasteiger partial charge in [0.15, 0.2) is 8.68 Å². The van der Waals surface area contributed by atoms with Crippen molar-refractivity contribution in [2.24, 2.45) is 5.73 Å². The molecule has 0 saturated heterocycles. The third kappa shape index (κ3) is 4.37. The maximum atomic E-state index is 6.20. The zero-order valence-corrected chi connectivity index (χ0v) is 13.9. The second kappa shape index (κ2) is 7.87. The molecule has 108 valence electrons. The van der Waals surface area contributed by atoms with Crippen LogP contribution >= 0.6 is 34.9 Å². The molecule has 0 bridgehead atoms. The molecule has 1 heterocycles. The van der Waals surface area contributed by atoms with Crippen LogP contribution in [-0.4, -0.2) is 28.8 Å². The van der Waals surface area contributed by atoms with E-state index in [9.17, 15) is 0 Å². The van der Waals surface area contributed by atoms with Gasteiger partial charge in [0.2, 0.25) is 0 Å². The SMILES string of the molecule is CCOc1ccc(C(N)CSc2nnc(SC)s2)cc1. The van der Waals surface area contributed by atoms with Crippen molar-refractivity contribution in [2.75, 3.05) is 18.6 Å². The van der Waals surface area contributed by atoms with E-state index < -0.39 is 0 Å². The highest BCUT2D eigenvalue weighted by atomic mass is 32.2. The highest BCUT2D eigenvalue weighted by Crippen LogP contribution is 2.29. The molecule has 0 aliphatic carbocycles. The molecule has 1 aromatic heterocycles. The minimum atomic E-state index is -0.0164. The molecule has 1 unspecified atom stereocenters. The van der Waals surface area contributed by atoms with Gasteiger partial charge in [-0.3, -0.25) is 0 Å². The molecular weight excluding hydrogens is 310 g/mol. The lowest BCUT2D eigenvalue weighted by Crippen LogP contribution is -2.12. The number of hydrogen-bond acceptors (Lipinski definition) is 7. The maximum Gasteiger partial charge on any atom is 0.175 e. The highest BCUT2D eigenvalue weighted by Gasteiger charge is 2.10. The van der Waals surface area contributed by atoms with Gasteiger partial charge in [0.1, 0.15) is 5.75 Å². The molecule has 20 heavy (non-hydrogen) atoms. The van der Waals surface area contributed by atoms with Crippen molar-refractivity contribution in [1.29, 1.82) is 0 Å². The number of benzene rings is 1. The predicted molar refractivity (Wildman–Crippen MR) is 87.0 cm³/mol. The van der Waals surface area contributed by atoms with E-state index in [1.807, 2.05) is 37.4 Å². The maximum absolute atomic E-state index is 6.20. The number of rotatable bonds is 7. The Labute approximate surface area is 131 Å². The quantitative estimate of drug-likeness (QED) is 0.786. The van der Waals surface area contributed by atoms with Gasteiger partial charge in [0.05, 0.1) is 6.61 Å². The smallest absolute Gasteiger partial charge is 0.175 e. The molecular formula is C13H17N3OS3. The Morgan fingerprint density at radius 1 is 1.25 bits per heavy atom. The molecule has 0 spiro atoms. The first-order valence-corrected chi connectivity index (χ1v) is 9.24. The first-order valence-electron chi connectivity index (χ1n) is 6.21. The molecule has 1 atom stereocenters. The molecule has 7 heteroatoms. The molecule has 0 saturated carbocycles. The van der Waals surface area contributed by atoms with Crippen molar-refractivity contribution in [1.82, 2.24) is 10.2 Å². The van der Waals surface area contributed by atoms with Crippen molar-refractivity contribution in [2.45, 2.75) is 21.6 Å². The molecule has 0 fully saturated rings. The van der Waals surface area contributed by atoms with Crippen LogP contribution in [0.15, 0.2) is 32.9 Å². The summed E-state index contributed by atoms with van der Waals surface area (Å²) in [4.78, 5) is 0. The topological polar surface area (TPSA) is 61.0 Å². The van der Waals surface area contributed by atoms with Crippen molar-refractivity contribution in [3.05, 3.63) is 29.8 Å². The monoisotopic (exact) mass is 327 g/mol. The normalized spacial score (nSPS) is 12.3. The minimum Gasteiger partial charge on any atom is -0.494 e. The van der Waals surface area contributed by atoms with Gasteiger partial charge in [-0.15, -0.1) is 10.2 Å². The first kappa shape index (κ1) is 15.6. The summed E-state index contributed by atoms with van der Waals surface area (Å²) in [5.74, 6) is 1.67. The lowest BCUT2D eigenvalue weighted by Gasteiger charge is -2.11. The number of aromatic nitrogens is 2. The number of ether oxygens (including phenoxy) is 1. The Hall–Kier alpha value is -0.760. The fraction of sp³-hybridized carbons (Fsp3) is 0.385. The van der Waals surface area contributed by atoms with Crippen LogP contribution in [0, 0.1) is 0 Å². The number of thioether (sulfide) groups is 2. The van der Waals surface area contributed by atoms with Crippen LogP contribution in [0.1, 0.15) is 18.5 Å². The lowest BCUT2D eigenvalue weighted by molar-refractivity contribution is 0.340. The second-order valence-electron chi connectivity index (χ2n) is 3.96. The molecule has 0 aliphatic heterocycles. The lowest BCUT2D eigenvalue weighted by atomic mass is 10.1. The Morgan fingerprint density at radius 2 is 1.95 bits per heavy atom. The molecule has 1 aromatic carbocycles. The van der Waals surface area contributed by atoms with Crippen LogP contribution in [0.3, 0.4) is 0 Å². The minimum absolute atomic E-state index is 0.0164. The van der Waals surface area contributed by atoms with Gasteiger partial charge in [-0.1, -0.05) is 47.0 Å². The standard InChI is InChI=1S/C13H17N3OS3/c1-3-17-10-6-4-9(5-7-10)11(14)8-19-13-16-15-12(18-2)20-13/h4-7,11H,3,8,14H2,1-2H3.